The molecule has 0 radical (unpaired) electrons. The summed E-state index contributed by atoms with van der Waals surface area (Å²) in [4.78, 5) is 17.2. The molecule has 0 fully saturated rings. The van der Waals surface area contributed by atoms with E-state index in [-0.39, 0.29) is 11.9 Å². The van der Waals surface area contributed by atoms with Crippen molar-refractivity contribution in [3.63, 3.8) is 0 Å². The number of aromatic nitrogens is 3. The second kappa shape index (κ2) is 6.61. The van der Waals surface area contributed by atoms with Crippen LogP contribution in [0.25, 0.3) is 5.65 Å². The van der Waals surface area contributed by atoms with E-state index in [0.29, 0.717) is 16.3 Å². The number of nitrogens with zero attached hydrogens (tertiary/aromatic N) is 3. The van der Waals surface area contributed by atoms with Crippen LogP contribution in [0.15, 0.2) is 30.5 Å². The molecule has 0 spiro atoms. The average Bonchev–Trinajstić information content (AvgIpc) is 3.02. The number of hydrogen-bond acceptors (Lipinski definition) is 4. The van der Waals surface area contributed by atoms with Crippen LogP contribution in [0.2, 0.25) is 5.02 Å². The minimum absolute atomic E-state index is 0.0367. The predicted octanol–water partition coefficient (Wildman–Crippen LogP) is 2.99. The molecule has 1 atom stereocenters. The zero-order chi connectivity index (χ0) is 18.3. The van der Waals surface area contributed by atoms with E-state index in [4.69, 9.17) is 16.3 Å². The van der Waals surface area contributed by atoms with Crippen LogP contribution in [-0.4, -0.2) is 33.7 Å². The minimum Gasteiger partial charge on any atom is -0.496 e. The van der Waals surface area contributed by atoms with Crippen molar-refractivity contribution in [2.45, 2.75) is 32.2 Å². The fourth-order valence-electron chi connectivity index (χ4n) is 3.49. The Morgan fingerprint density at radius 2 is 2.23 bits per heavy atom. The standard InChI is InChI=1S/C19H19ClN4O2/c1-11-7-18-21-10-12-8-14(4-5-16(12)24(18)23-11)22-19(25)15-9-13(20)3-6-17(15)26-2/h3,6-7,9-10,14H,4-5,8H2,1-2H3,(H,22,25). The smallest absolute Gasteiger partial charge is 0.255 e. The van der Waals surface area contributed by atoms with E-state index in [1.807, 2.05) is 23.7 Å². The van der Waals surface area contributed by atoms with Crippen molar-refractivity contribution in [1.82, 2.24) is 19.9 Å². The molecule has 134 valence electrons. The number of nitrogens with one attached hydrogen (secondary N) is 1. The largest absolute Gasteiger partial charge is 0.496 e. The van der Waals surface area contributed by atoms with Gasteiger partial charge in [-0.25, -0.2) is 9.50 Å². The molecule has 0 aliphatic heterocycles. The van der Waals surface area contributed by atoms with Gasteiger partial charge in [-0.05, 0) is 49.9 Å². The summed E-state index contributed by atoms with van der Waals surface area (Å²) in [5, 5.41) is 8.13. The topological polar surface area (TPSA) is 68.5 Å². The molecule has 1 aromatic carbocycles. The zero-order valence-corrected chi connectivity index (χ0v) is 15.4. The Labute approximate surface area is 156 Å². The van der Waals surface area contributed by atoms with E-state index in [9.17, 15) is 4.79 Å². The molecule has 7 heteroatoms. The highest BCUT2D eigenvalue weighted by Crippen LogP contribution is 2.25. The Balaban J connectivity index is 1.55. The van der Waals surface area contributed by atoms with Gasteiger partial charge in [0.2, 0.25) is 0 Å². The van der Waals surface area contributed by atoms with Gasteiger partial charge in [-0.1, -0.05) is 11.6 Å². The SMILES string of the molecule is COc1ccc(Cl)cc1C(=O)NC1CCc2c(cnc3cc(C)nn23)C1. The average molecular weight is 371 g/mol. The summed E-state index contributed by atoms with van der Waals surface area (Å²) in [5.74, 6) is 0.334. The van der Waals surface area contributed by atoms with Gasteiger partial charge in [0.15, 0.2) is 5.65 Å². The lowest BCUT2D eigenvalue weighted by molar-refractivity contribution is 0.0930. The molecule has 6 nitrogen and oxygen atoms in total. The highest BCUT2D eigenvalue weighted by Gasteiger charge is 2.24. The number of carbonyl (C=O) groups is 1. The second-order valence-corrected chi connectivity index (χ2v) is 6.98. The Morgan fingerprint density at radius 3 is 3.04 bits per heavy atom. The first kappa shape index (κ1) is 16.8. The van der Waals surface area contributed by atoms with Crippen LogP contribution in [0.1, 0.15) is 33.7 Å². The van der Waals surface area contributed by atoms with Crippen molar-refractivity contribution in [2.75, 3.05) is 7.11 Å². The maximum Gasteiger partial charge on any atom is 0.255 e. The van der Waals surface area contributed by atoms with Gasteiger partial charge < -0.3 is 10.1 Å². The van der Waals surface area contributed by atoms with E-state index in [1.54, 1.807) is 25.3 Å². The van der Waals surface area contributed by atoms with Crippen LogP contribution >= 0.6 is 11.6 Å². The predicted molar refractivity (Wildman–Crippen MR) is 99.0 cm³/mol. The molecule has 3 aromatic rings. The Morgan fingerprint density at radius 1 is 1.38 bits per heavy atom. The third kappa shape index (κ3) is 3.01. The van der Waals surface area contributed by atoms with Gasteiger partial charge in [0.25, 0.3) is 5.91 Å². The highest BCUT2D eigenvalue weighted by atomic mass is 35.5. The number of rotatable bonds is 3. The van der Waals surface area contributed by atoms with Gasteiger partial charge >= 0.3 is 0 Å². The molecule has 1 aliphatic rings. The summed E-state index contributed by atoms with van der Waals surface area (Å²) >= 11 is 6.03. The second-order valence-electron chi connectivity index (χ2n) is 6.54. The molecule has 26 heavy (non-hydrogen) atoms. The first-order valence-corrected chi connectivity index (χ1v) is 8.90. The van der Waals surface area contributed by atoms with Crippen LogP contribution in [0.3, 0.4) is 0 Å². The zero-order valence-electron chi connectivity index (χ0n) is 14.6. The lowest BCUT2D eigenvalue weighted by Crippen LogP contribution is -2.39. The van der Waals surface area contributed by atoms with Crippen molar-refractivity contribution in [3.8, 4) is 5.75 Å². The Kier molecular flexibility index (Phi) is 4.28. The van der Waals surface area contributed by atoms with Crippen LogP contribution < -0.4 is 10.1 Å². The summed E-state index contributed by atoms with van der Waals surface area (Å²) in [5.41, 5.74) is 4.56. The molecule has 1 unspecified atom stereocenters. The number of ether oxygens (including phenoxy) is 1. The van der Waals surface area contributed by atoms with Gasteiger partial charge in [-0.2, -0.15) is 5.10 Å². The number of hydrogen-bond donors (Lipinski definition) is 1. The van der Waals surface area contributed by atoms with Gasteiger partial charge in [-0.3, -0.25) is 4.79 Å². The molecule has 4 rings (SSSR count). The molecule has 1 amide bonds. The number of aryl methyl sites for hydroxylation is 2. The lowest BCUT2D eigenvalue weighted by atomic mass is 9.92. The van der Waals surface area contributed by atoms with Crippen molar-refractivity contribution in [1.29, 1.82) is 0 Å². The normalized spacial score (nSPS) is 16.3. The van der Waals surface area contributed by atoms with Crippen molar-refractivity contribution in [2.24, 2.45) is 0 Å². The lowest BCUT2D eigenvalue weighted by Gasteiger charge is -2.25. The van der Waals surface area contributed by atoms with Crippen molar-refractivity contribution >= 4 is 23.2 Å². The van der Waals surface area contributed by atoms with Gasteiger partial charge in [0.1, 0.15) is 5.75 Å². The van der Waals surface area contributed by atoms with Crippen LogP contribution in [0.4, 0.5) is 0 Å². The van der Waals surface area contributed by atoms with E-state index < -0.39 is 0 Å². The number of benzene rings is 1. The van der Waals surface area contributed by atoms with E-state index in [1.165, 1.54) is 5.69 Å². The summed E-state index contributed by atoms with van der Waals surface area (Å²) in [6, 6.07) is 7.05. The van der Waals surface area contributed by atoms with Crippen LogP contribution in [-0.2, 0) is 12.8 Å². The first-order valence-electron chi connectivity index (χ1n) is 8.52. The third-order valence-electron chi connectivity index (χ3n) is 4.73. The fraction of sp³-hybridized carbons (Fsp3) is 0.316. The number of amides is 1. The van der Waals surface area contributed by atoms with Crippen LogP contribution in [0.5, 0.6) is 5.75 Å². The molecule has 1 N–H and O–H groups in total. The summed E-state index contributed by atoms with van der Waals surface area (Å²) in [6.07, 6.45) is 4.31. The Bertz CT molecular complexity index is 999. The van der Waals surface area contributed by atoms with Crippen molar-refractivity contribution < 1.29 is 9.53 Å². The molecular weight excluding hydrogens is 352 g/mol. The van der Waals surface area contributed by atoms with E-state index >= 15 is 0 Å². The Hall–Kier alpha value is -2.60. The summed E-state index contributed by atoms with van der Waals surface area (Å²) in [7, 11) is 1.54. The molecule has 0 saturated heterocycles. The van der Waals surface area contributed by atoms with Crippen molar-refractivity contribution in [3.05, 3.63) is 58.0 Å². The first-order chi connectivity index (χ1) is 12.5. The van der Waals surface area contributed by atoms with Gasteiger partial charge in [0.05, 0.1) is 18.4 Å². The fourth-order valence-corrected chi connectivity index (χ4v) is 3.66. The van der Waals surface area contributed by atoms with Crippen LogP contribution in [0, 0.1) is 6.92 Å². The highest BCUT2D eigenvalue weighted by molar-refractivity contribution is 6.31. The maximum absolute atomic E-state index is 12.7. The third-order valence-corrected chi connectivity index (χ3v) is 4.96. The molecular formula is C19H19ClN4O2. The molecule has 2 heterocycles. The molecule has 2 aromatic heterocycles. The number of methoxy groups -OCH3 is 1. The monoisotopic (exact) mass is 370 g/mol. The molecule has 0 bridgehead atoms. The van der Waals surface area contributed by atoms with Gasteiger partial charge in [-0.15, -0.1) is 0 Å². The quantitative estimate of drug-likeness (QED) is 0.769. The van der Waals surface area contributed by atoms with E-state index in [0.717, 1.165) is 36.2 Å². The number of halogens is 1. The maximum atomic E-state index is 12.7. The summed E-state index contributed by atoms with van der Waals surface area (Å²) in [6.45, 7) is 1.96. The van der Waals surface area contributed by atoms with Gasteiger partial charge in [0, 0.05) is 29.0 Å². The molecule has 0 saturated carbocycles. The van der Waals surface area contributed by atoms with E-state index in [2.05, 4.69) is 15.4 Å². The number of fused-ring (bicyclic) bond motifs is 3. The molecule has 1 aliphatic carbocycles. The number of carbonyl (C=O) groups excluding carboxylic acids is 1. The minimum atomic E-state index is -0.179. The summed E-state index contributed by atoms with van der Waals surface area (Å²) < 4.78 is 7.20.